The molecule has 1 N–H and O–H groups in total. The molecular weight excluding hydrogens is 486 g/mol. The van der Waals surface area contributed by atoms with Gasteiger partial charge in [0.25, 0.3) is 0 Å². The van der Waals surface area contributed by atoms with Crippen LogP contribution in [0.4, 0.5) is 5.69 Å². The quantitative estimate of drug-likeness (QED) is 0.186. The minimum atomic E-state index is -0.726. The number of halogens is 1. The second kappa shape index (κ2) is 10.9. The van der Waals surface area contributed by atoms with E-state index >= 15 is 0 Å². The van der Waals surface area contributed by atoms with Crippen LogP contribution >= 0.6 is 23.4 Å². The van der Waals surface area contributed by atoms with Crippen LogP contribution in [0, 0.1) is 5.92 Å². The third kappa shape index (κ3) is 5.03. The minimum absolute atomic E-state index is 0.127. The van der Waals surface area contributed by atoms with Crippen molar-refractivity contribution in [3.63, 3.8) is 0 Å². The van der Waals surface area contributed by atoms with Crippen molar-refractivity contribution < 1.29 is 9.53 Å². The number of hydrogen-bond acceptors (Lipinski definition) is 4. The van der Waals surface area contributed by atoms with Gasteiger partial charge in [0, 0.05) is 15.6 Å². The highest BCUT2D eigenvalue weighted by molar-refractivity contribution is 7.99. The second-order valence-electron chi connectivity index (χ2n) is 10.2. The van der Waals surface area contributed by atoms with E-state index in [1.54, 1.807) is 0 Å². The summed E-state index contributed by atoms with van der Waals surface area (Å²) in [5.41, 5.74) is 3.26. The zero-order valence-electron chi connectivity index (χ0n) is 20.8. The standard InChI is InChI=1S/C31H34ClNO2S/c1-35-29(34)31(33-26-12-7-11-25(32)22-26)18-16-30(17-19-31)24(21-23-9-5-6-15-28(23)30)10-8-20-36-27-13-3-2-4-14-27/h2-7,9,11-15,22,24,33H,8,10,16-21H2,1H3. The number of carbonyl (C=O) groups excluding carboxylic acids is 1. The van der Waals surface area contributed by atoms with Crippen LogP contribution in [0.1, 0.15) is 49.7 Å². The average Bonchev–Trinajstić information content (AvgIpc) is 3.21. The number of methoxy groups -OCH3 is 1. The zero-order chi connectivity index (χ0) is 25.0. The lowest BCUT2D eigenvalue weighted by Crippen LogP contribution is -2.53. The molecule has 0 amide bonds. The van der Waals surface area contributed by atoms with E-state index in [9.17, 15) is 4.79 Å². The van der Waals surface area contributed by atoms with Crippen LogP contribution in [0.5, 0.6) is 0 Å². The van der Waals surface area contributed by atoms with Gasteiger partial charge in [0.15, 0.2) is 0 Å². The predicted octanol–water partition coefficient (Wildman–Crippen LogP) is 7.92. The SMILES string of the molecule is COC(=O)C1(Nc2cccc(Cl)c2)CCC2(CC1)c1ccccc1CC2CCCSc1ccccc1. The Morgan fingerprint density at radius 1 is 1.00 bits per heavy atom. The molecule has 1 atom stereocenters. The lowest BCUT2D eigenvalue weighted by molar-refractivity contribution is -0.148. The Bertz CT molecular complexity index is 1190. The third-order valence-corrected chi connectivity index (χ3v) is 9.62. The van der Waals surface area contributed by atoms with Crippen molar-refractivity contribution in [1.82, 2.24) is 0 Å². The molecule has 0 radical (unpaired) electrons. The van der Waals surface area contributed by atoms with Crippen molar-refractivity contribution in [2.75, 3.05) is 18.2 Å². The molecule has 188 valence electrons. The summed E-state index contributed by atoms with van der Waals surface area (Å²) in [5.74, 6) is 1.56. The Hall–Kier alpha value is -2.43. The summed E-state index contributed by atoms with van der Waals surface area (Å²) in [5, 5.41) is 4.20. The van der Waals surface area contributed by atoms with E-state index in [2.05, 4.69) is 59.9 Å². The minimum Gasteiger partial charge on any atom is -0.467 e. The van der Waals surface area contributed by atoms with Crippen LogP contribution in [0.15, 0.2) is 83.8 Å². The molecule has 2 aliphatic rings. The number of hydrogen-bond donors (Lipinski definition) is 1. The van der Waals surface area contributed by atoms with Gasteiger partial charge in [-0.2, -0.15) is 0 Å². The molecule has 5 rings (SSSR count). The van der Waals surface area contributed by atoms with Gasteiger partial charge in [0.1, 0.15) is 5.54 Å². The van der Waals surface area contributed by atoms with Gasteiger partial charge in [-0.1, -0.05) is 60.1 Å². The van der Waals surface area contributed by atoms with Gasteiger partial charge in [-0.15, -0.1) is 11.8 Å². The molecule has 2 aliphatic carbocycles. The number of ether oxygens (including phenoxy) is 1. The zero-order valence-corrected chi connectivity index (χ0v) is 22.4. The van der Waals surface area contributed by atoms with Crippen LogP contribution in [-0.2, 0) is 21.4 Å². The molecule has 1 spiro atoms. The first-order valence-corrected chi connectivity index (χ1v) is 14.3. The van der Waals surface area contributed by atoms with E-state index in [1.165, 1.54) is 36.0 Å². The normalized spacial score (nSPS) is 24.9. The molecule has 3 aromatic rings. The summed E-state index contributed by atoms with van der Waals surface area (Å²) < 4.78 is 5.33. The molecule has 0 aliphatic heterocycles. The van der Waals surface area contributed by atoms with E-state index < -0.39 is 5.54 Å². The van der Waals surface area contributed by atoms with Crippen molar-refractivity contribution in [3.8, 4) is 0 Å². The van der Waals surface area contributed by atoms with Gasteiger partial charge in [-0.25, -0.2) is 4.79 Å². The van der Waals surface area contributed by atoms with Gasteiger partial charge in [0.05, 0.1) is 7.11 Å². The summed E-state index contributed by atoms with van der Waals surface area (Å²) in [7, 11) is 1.49. The van der Waals surface area contributed by atoms with E-state index in [-0.39, 0.29) is 11.4 Å². The van der Waals surface area contributed by atoms with Gasteiger partial charge in [-0.3, -0.25) is 0 Å². The van der Waals surface area contributed by atoms with Crippen molar-refractivity contribution >= 4 is 35.0 Å². The lowest BCUT2D eigenvalue weighted by atomic mass is 9.60. The number of fused-ring (bicyclic) bond motifs is 2. The second-order valence-corrected chi connectivity index (χ2v) is 11.8. The first-order chi connectivity index (χ1) is 17.5. The van der Waals surface area contributed by atoms with Crippen LogP contribution < -0.4 is 5.32 Å². The number of esters is 1. The predicted molar refractivity (Wildman–Crippen MR) is 150 cm³/mol. The van der Waals surface area contributed by atoms with Crippen LogP contribution in [0.3, 0.4) is 0 Å². The number of benzene rings is 3. The summed E-state index contributed by atoms with van der Waals surface area (Å²) in [4.78, 5) is 14.5. The number of anilines is 1. The van der Waals surface area contributed by atoms with E-state index in [4.69, 9.17) is 16.3 Å². The Labute approximate surface area is 224 Å². The molecule has 0 saturated heterocycles. The van der Waals surface area contributed by atoms with E-state index in [1.807, 2.05) is 36.0 Å². The highest BCUT2D eigenvalue weighted by Crippen LogP contribution is 2.56. The number of carbonyl (C=O) groups is 1. The molecule has 1 fully saturated rings. The van der Waals surface area contributed by atoms with Crippen molar-refractivity contribution in [3.05, 3.63) is 95.0 Å². The molecule has 36 heavy (non-hydrogen) atoms. The van der Waals surface area contributed by atoms with Gasteiger partial charge >= 0.3 is 5.97 Å². The van der Waals surface area contributed by atoms with Crippen LogP contribution in [0.2, 0.25) is 5.02 Å². The Balaban J connectivity index is 1.33. The maximum absolute atomic E-state index is 13.1. The average molecular weight is 520 g/mol. The summed E-state index contributed by atoms with van der Waals surface area (Å²) in [6.45, 7) is 0. The molecule has 0 aromatic heterocycles. The Morgan fingerprint density at radius 3 is 2.50 bits per heavy atom. The summed E-state index contributed by atoms with van der Waals surface area (Å²) in [6.07, 6.45) is 6.99. The van der Waals surface area contributed by atoms with Gasteiger partial charge in [-0.05, 0) is 103 Å². The largest absolute Gasteiger partial charge is 0.467 e. The smallest absolute Gasteiger partial charge is 0.331 e. The summed E-state index contributed by atoms with van der Waals surface area (Å²) >= 11 is 8.19. The number of thioether (sulfide) groups is 1. The molecule has 3 aromatic carbocycles. The van der Waals surface area contributed by atoms with Crippen molar-refractivity contribution in [1.29, 1.82) is 0 Å². The fourth-order valence-corrected chi connectivity index (χ4v) is 7.58. The highest BCUT2D eigenvalue weighted by atomic mass is 35.5. The van der Waals surface area contributed by atoms with E-state index in [0.29, 0.717) is 10.9 Å². The topological polar surface area (TPSA) is 38.3 Å². The first kappa shape index (κ1) is 25.2. The molecule has 0 heterocycles. The lowest BCUT2D eigenvalue weighted by Gasteiger charge is -2.47. The Kier molecular flexibility index (Phi) is 7.64. The highest BCUT2D eigenvalue weighted by Gasteiger charge is 2.53. The monoisotopic (exact) mass is 519 g/mol. The van der Waals surface area contributed by atoms with E-state index in [0.717, 1.165) is 43.5 Å². The summed E-state index contributed by atoms with van der Waals surface area (Å²) in [6, 6.07) is 27.3. The molecule has 1 unspecified atom stereocenters. The van der Waals surface area contributed by atoms with Gasteiger partial charge in [0.2, 0.25) is 0 Å². The third-order valence-electron chi connectivity index (χ3n) is 8.29. The molecule has 1 saturated carbocycles. The molecular formula is C31H34ClNO2S. The molecule has 5 heteroatoms. The fourth-order valence-electron chi connectivity index (χ4n) is 6.50. The van der Waals surface area contributed by atoms with Crippen molar-refractivity contribution in [2.45, 2.75) is 60.8 Å². The number of rotatable bonds is 8. The number of nitrogens with one attached hydrogen (secondary N) is 1. The first-order valence-electron chi connectivity index (χ1n) is 12.9. The maximum Gasteiger partial charge on any atom is 0.331 e. The Morgan fingerprint density at radius 2 is 1.75 bits per heavy atom. The maximum atomic E-state index is 13.1. The van der Waals surface area contributed by atoms with Gasteiger partial charge < -0.3 is 10.1 Å². The fraction of sp³-hybridized carbons (Fsp3) is 0.387. The van der Waals surface area contributed by atoms with Crippen LogP contribution in [-0.4, -0.2) is 24.4 Å². The van der Waals surface area contributed by atoms with Crippen LogP contribution in [0.25, 0.3) is 0 Å². The molecule has 0 bridgehead atoms. The molecule has 3 nitrogen and oxygen atoms in total. The van der Waals surface area contributed by atoms with Crippen molar-refractivity contribution in [2.24, 2.45) is 5.92 Å².